The molecule has 1 N–H and O–H groups in total. The molecule has 0 aromatic heterocycles. The molecule has 0 spiro atoms. The van der Waals surface area contributed by atoms with Gasteiger partial charge in [0.1, 0.15) is 5.75 Å². The van der Waals surface area contributed by atoms with Crippen LogP contribution in [0.2, 0.25) is 0 Å². The third kappa shape index (κ3) is 3.68. The summed E-state index contributed by atoms with van der Waals surface area (Å²) in [6.07, 6.45) is 0.321. The van der Waals surface area contributed by atoms with Gasteiger partial charge in [0.15, 0.2) is 5.60 Å². The maximum Gasteiger partial charge on any atom is 0.339 e. The van der Waals surface area contributed by atoms with Gasteiger partial charge in [0.25, 0.3) is 5.91 Å². The van der Waals surface area contributed by atoms with Crippen molar-refractivity contribution in [3.05, 3.63) is 59.2 Å². The molecule has 0 saturated carbocycles. The molecular formula is C22H25NO4. The van der Waals surface area contributed by atoms with Crippen molar-refractivity contribution < 1.29 is 19.1 Å². The molecule has 5 heteroatoms. The fourth-order valence-corrected chi connectivity index (χ4v) is 3.19. The van der Waals surface area contributed by atoms with Crippen molar-refractivity contribution in [1.82, 2.24) is 0 Å². The second kappa shape index (κ2) is 6.72. The highest BCUT2D eigenvalue weighted by Gasteiger charge is 2.42. The van der Waals surface area contributed by atoms with E-state index in [1.807, 2.05) is 30.3 Å². The monoisotopic (exact) mass is 367 g/mol. The molecule has 2 aromatic rings. The standard InChI is InChI=1S/C22H25NO4/c1-21(2,3)15-10-11-18(26-5)17(12-15)23-20(25)22(4)13-14-8-6-7-9-16(14)19(24)27-22/h6-12H,13H2,1-5H3,(H,23,25)/t22-/m0/s1. The Balaban J connectivity index is 1.90. The summed E-state index contributed by atoms with van der Waals surface area (Å²) >= 11 is 0. The maximum absolute atomic E-state index is 13.0. The highest BCUT2D eigenvalue weighted by atomic mass is 16.6. The number of nitrogens with one attached hydrogen (secondary N) is 1. The summed E-state index contributed by atoms with van der Waals surface area (Å²) in [5.41, 5.74) is 1.58. The molecule has 0 saturated heterocycles. The third-order valence-electron chi connectivity index (χ3n) is 4.88. The van der Waals surface area contributed by atoms with Gasteiger partial charge in [-0.05, 0) is 41.7 Å². The van der Waals surface area contributed by atoms with E-state index in [9.17, 15) is 9.59 Å². The van der Waals surface area contributed by atoms with Crippen LogP contribution in [0.1, 0.15) is 49.2 Å². The molecule has 142 valence electrons. The van der Waals surface area contributed by atoms with Gasteiger partial charge in [-0.3, -0.25) is 4.79 Å². The molecule has 1 amide bonds. The lowest BCUT2D eigenvalue weighted by atomic mass is 9.86. The quantitative estimate of drug-likeness (QED) is 0.830. The lowest BCUT2D eigenvalue weighted by Crippen LogP contribution is -2.49. The number of amides is 1. The average molecular weight is 367 g/mol. The second-order valence-corrected chi connectivity index (χ2v) is 8.07. The minimum absolute atomic E-state index is 0.0775. The van der Waals surface area contributed by atoms with Gasteiger partial charge in [-0.1, -0.05) is 45.0 Å². The number of esters is 1. The van der Waals surface area contributed by atoms with Crippen LogP contribution < -0.4 is 10.1 Å². The first kappa shape index (κ1) is 19.0. The van der Waals surface area contributed by atoms with Crippen LogP contribution in [0.3, 0.4) is 0 Å². The summed E-state index contributed by atoms with van der Waals surface area (Å²) < 4.78 is 10.9. The molecular weight excluding hydrogens is 342 g/mol. The molecule has 0 bridgehead atoms. The van der Waals surface area contributed by atoms with Crippen LogP contribution >= 0.6 is 0 Å². The van der Waals surface area contributed by atoms with Crippen LogP contribution in [0.25, 0.3) is 0 Å². The normalized spacial score (nSPS) is 19.1. The molecule has 1 aliphatic heterocycles. The van der Waals surface area contributed by atoms with Gasteiger partial charge >= 0.3 is 5.97 Å². The highest BCUT2D eigenvalue weighted by molar-refractivity contribution is 6.03. The van der Waals surface area contributed by atoms with Gasteiger partial charge in [-0.15, -0.1) is 0 Å². The zero-order valence-electron chi connectivity index (χ0n) is 16.4. The van der Waals surface area contributed by atoms with Crippen molar-refractivity contribution in [3.8, 4) is 5.75 Å². The minimum Gasteiger partial charge on any atom is -0.495 e. The fraction of sp³-hybridized carbons (Fsp3) is 0.364. The summed E-state index contributed by atoms with van der Waals surface area (Å²) in [6.45, 7) is 7.93. The molecule has 0 aliphatic carbocycles. The first-order valence-corrected chi connectivity index (χ1v) is 8.95. The Kier molecular flexibility index (Phi) is 4.72. The Morgan fingerprint density at radius 1 is 1.19 bits per heavy atom. The molecule has 2 aromatic carbocycles. The lowest BCUT2D eigenvalue weighted by molar-refractivity contribution is -0.134. The predicted octanol–water partition coefficient (Wildman–Crippen LogP) is 4.10. The number of benzene rings is 2. The van der Waals surface area contributed by atoms with E-state index in [0.29, 0.717) is 23.4 Å². The number of carbonyl (C=O) groups excluding carboxylic acids is 2. The topological polar surface area (TPSA) is 64.6 Å². The summed E-state index contributed by atoms with van der Waals surface area (Å²) in [4.78, 5) is 25.4. The Labute approximate surface area is 159 Å². The van der Waals surface area contributed by atoms with Crippen LogP contribution in [0.4, 0.5) is 5.69 Å². The predicted molar refractivity (Wildman–Crippen MR) is 104 cm³/mol. The molecule has 0 radical (unpaired) electrons. The van der Waals surface area contributed by atoms with E-state index in [0.717, 1.165) is 11.1 Å². The van der Waals surface area contributed by atoms with Crippen LogP contribution in [-0.4, -0.2) is 24.6 Å². The number of ether oxygens (including phenoxy) is 2. The molecule has 1 heterocycles. The number of fused-ring (bicyclic) bond motifs is 1. The molecule has 1 atom stereocenters. The Bertz CT molecular complexity index is 897. The number of hydrogen-bond donors (Lipinski definition) is 1. The van der Waals surface area contributed by atoms with Gasteiger partial charge in [-0.2, -0.15) is 0 Å². The molecule has 0 unspecified atom stereocenters. The van der Waals surface area contributed by atoms with Gasteiger partial charge in [0, 0.05) is 6.42 Å². The molecule has 3 rings (SSSR count). The largest absolute Gasteiger partial charge is 0.495 e. The van der Waals surface area contributed by atoms with Crippen molar-refractivity contribution in [2.45, 2.75) is 45.1 Å². The zero-order chi connectivity index (χ0) is 19.8. The van der Waals surface area contributed by atoms with Crippen LogP contribution in [0.5, 0.6) is 5.75 Å². The summed E-state index contributed by atoms with van der Waals surface area (Å²) in [6, 6.07) is 12.9. The van der Waals surface area contributed by atoms with E-state index >= 15 is 0 Å². The number of carbonyl (C=O) groups is 2. The van der Waals surface area contributed by atoms with E-state index in [-0.39, 0.29) is 11.3 Å². The van der Waals surface area contributed by atoms with E-state index in [4.69, 9.17) is 9.47 Å². The molecule has 1 aliphatic rings. The van der Waals surface area contributed by atoms with Gasteiger partial charge in [0.2, 0.25) is 0 Å². The van der Waals surface area contributed by atoms with Crippen LogP contribution in [0.15, 0.2) is 42.5 Å². The smallest absolute Gasteiger partial charge is 0.339 e. The van der Waals surface area contributed by atoms with Crippen molar-refractivity contribution >= 4 is 17.6 Å². The first-order chi connectivity index (χ1) is 12.6. The SMILES string of the molecule is COc1ccc(C(C)(C)C)cc1NC(=O)[C@]1(C)Cc2ccccc2C(=O)O1. The van der Waals surface area contributed by atoms with Gasteiger partial charge in [0.05, 0.1) is 18.4 Å². The number of rotatable bonds is 3. The molecule has 0 fully saturated rings. The van der Waals surface area contributed by atoms with E-state index in [1.165, 1.54) is 0 Å². The van der Waals surface area contributed by atoms with E-state index < -0.39 is 11.6 Å². The Morgan fingerprint density at radius 2 is 1.89 bits per heavy atom. The fourth-order valence-electron chi connectivity index (χ4n) is 3.19. The highest BCUT2D eigenvalue weighted by Crippen LogP contribution is 2.34. The van der Waals surface area contributed by atoms with Crippen LogP contribution in [-0.2, 0) is 21.4 Å². The minimum atomic E-state index is -1.28. The zero-order valence-corrected chi connectivity index (χ0v) is 16.4. The van der Waals surface area contributed by atoms with Gasteiger partial charge in [-0.25, -0.2) is 4.79 Å². The second-order valence-electron chi connectivity index (χ2n) is 8.07. The summed E-state index contributed by atoms with van der Waals surface area (Å²) in [5, 5.41) is 2.89. The number of anilines is 1. The number of methoxy groups -OCH3 is 1. The maximum atomic E-state index is 13.0. The van der Waals surface area contributed by atoms with Gasteiger partial charge < -0.3 is 14.8 Å². The van der Waals surface area contributed by atoms with Crippen molar-refractivity contribution in [1.29, 1.82) is 0 Å². The average Bonchev–Trinajstić information content (AvgIpc) is 2.60. The number of hydrogen-bond acceptors (Lipinski definition) is 4. The molecule has 27 heavy (non-hydrogen) atoms. The van der Waals surface area contributed by atoms with Crippen molar-refractivity contribution in [2.75, 3.05) is 12.4 Å². The Morgan fingerprint density at radius 3 is 2.56 bits per heavy atom. The van der Waals surface area contributed by atoms with Crippen LogP contribution in [0, 0.1) is 0 Å². The number of cyclic esters (lactones) is 1. The molecule has 5 nitrogen and oxygen atoms in total. The first-order valence-electron chi connectivity index (χ1n) is 8.95. The third-order valence-corrected chi connectivity index (χ3v) is 4.88. The van der Waals surface area contributed by atoms with E-state index in [1.54, 1.807) is 26.2 Å². The Hall–Kier alpha value is -2.82. The summed E-state index contributed by atoms with van der Waals surface area (Å²) in [5.74, 6) is -0.304. The lowest BCUT2D eigenvalue weighted by Gasteiger charge is -2.33. The van der Waals surface area contributed by atoms with Crippen molar-refractivity contribution in [3.63, 3.8) is 0 Å². The summed E-state index contributed by atoms with van der Waals surface area (Å²) in [7, 11) is 1.56. The van der Waals surface area contributed by atoms with Crippen molar-refractivity contribution in [2.24, 2.45) is 0 Å². The van der Waals surface area contributed by atoms with E-state index in [2.05, 4.69) is 26.1 Å².